The Morgan fingerprint density at radius 2 is 2.00 bits per heavy atom. The number of sulfonamides is 1. The highest BCUT2D eigenvalue weighted by Gasteiger charge is 2.27. The molecule has 1 aromatic heterocycles. The third-order valence-electron chi connectivity index (χ3n) is 4.66. The van der Waals surface area contributed by atoms with Gasteiger partial charge in [-0.15, -0.1) is 0 Å². The van der Waals surface area contributed by atoms with E-state index in [9.17, 15) is 13.2 Å². The lowest BCUT2D eigenvalue weighted by atomic mass is 10.2. The van der Waals surface area contributed by atoms with Crippen molar-refractivity contribution in [3.63, 3.8) is 0 Å². The van der Waals surface area contributed by atoms with Crippen LogP contribution in [0.1, 0.15) is 38.4 Å². The van der Waals surface area contributed by atoms with E-state index in [0.29, 0.717) is 37.6 Å². The number of nitrogens with zero attached hydrogens (tertiary/aromatic N) is 1. The molecule has 1 saturated heterocycles. The van der Waals surface area contributed by atoms with Gasteiger partial charge in [-0.3, -0.25) is 4.79 Å². The standard InChI is InChI=1S/C20H26N2O5S/c1-2-26-19-10-9-17(28(24,25)22-12-4-3-5-13-22)15-18(19)21-20(23)11-8-16-7-6-14-27-16/h6-7,9-10,14-15H,2-5,8,11-13H2,1H3,(H,21,23). The normalized spacial score (nSPS) is 15.3. The first-order chi connectivity index (χ1) is 13.5. The molecule has 2 aromatic rings. The molecule has 0 atom stereocenters. The molecule has 1 aromatic carbocycles. The molecule has 1 N–H and O–H groups in total. The van der Waals surface area contributed by atoms with E-state index < -0.39 is 10.0 Å². The maximum Gasteiger partial charge on any atom is 0.243 e. The van der Waals surface area contributed by atoms with Crippen LogP contribution in [-0.4, -0.2) is 38.3 Å². The Balaban J connectivity index is 1.77. The first kappa shape index (κ1) is 20.4. The Labute approximate surface area is 165 Å². The fourth-order valence-corrected chi connectivity index (χ4v) is 4.75. The van der Waals surface area contributed by atoms with Gasteiger partial charge >= 0.3 is 0 Å². The maximum absolute atomic E-state index is 12.9. The predicted molar refractivity (Wildman–Crippen MR) is 106 cm³/mol. The lowest BCUT2D eigenvalue weighted by Gasteiger charge is -2.26. The van der Waals surface area contributed by atoms with Crippen molar-refractivity contribution < 1.29 is 22.4 Å². The molecule has 1 aliphatic heterocycles. The molecule has 0 saturated carbocycles. The molecule has 2 heterocycles. The SMILES string of the molecule is CCOc1ccc(S(=O)(=O)N2CCCCC2)cc1NC(=O)CCc1ccco1. The van der Waals surface area contributed by atoms with Crippen LogP contribution in [0.4, 0.5) is 5.69 Å². The molecule has 152 valence electrons. The number of anilines is 1. The van der Waals surface area contributed by atoms with E-state index in [1.165, 1.54) is 16.4 Å². The van der Waals surface area contributed by atoms with Crippen molar-refractivity contribution in [3.05, 3.63) is 42.4 Å². The average molecular weight is 407 g/mol. The van der Waals surface area contributed by atoms with E-state index in [1.54, 1.807) is 18.4 Å². The van der Waals surface area contributed by atoms with Gasteiger partial charge in [0.2, 0.25) is 15.9 Å². The van der Waals surface area contributed by atoms with E-state index in [-0.39, 0.29) is 17.2 Å². The molecule has 0 unspecified atom stereocenters. The monoisotopic (exact) mass is 406 g/mol. The van der Waals surface area contributed by atoms with E-state index in [4.69, 9.17) is 9.15 Å². The molecule has 1 aliphatic rings. The van der Waals surface area contributed by atoms with Gasteiger partial charge in [0.25, 0.3) is 0 Å². The zero-order valence-corrected chi connectivity index (χ0v) is 16.8. The number of rotatable bonds is 8. The zero-order valence-electron chi connectivity index (χ0n) is 16.0. The Kier molecular flexibility index (Phi) is 6.74. The second-order valence-electron chi connectivity index (χ2n) is 6.68. The number of carbonyl (C=O) groups excluding carboxylic acids is 1. The minimum Gasteiger partial charge on any atom is -0.492 e. The third kappa shape index (κ3) is 4.94. The summed E-state index contributed by atoms with van der Waals surface area (Å²) < 4.78 is 38.2. The molecule has 8 heteroatoms. The van der Waals surface area contributed by atoms with Crippen LogP contribution in [0.5, 0.6) is 5.75 Å². The highest BCUT2D eigenvalue weighted by molar-refractivity contribution is 7.89. The van der Waals surface area contributed by atoms with Gasteiger partial charge in [0.15, 0.2) is 0 Å². The molecular formula is C20H26N2O5S. The highest BCUT2D eigenvalue weighted by atomic mass is 32.2. The smallest absolute Gasteiger partial charge is 0.243 e. The summed E-state index contributed by atoms with van der Waals surface area (Å²) in [4.78, 5) is 12.5. The number of benzene rings is 1. The fraction of sp³-hybridized carbons (Fsp3) is 0.450. The second-order valence-corrected chi connectivity index (χ2v) is 8.62. The average Bonchev–Trinajstić information content (AvgIpc) is 3.22. The predicted octanol–water partition coefficient (Wildman–Crippen LogP) is 3.42. The van der Waals surface area contributed by atoms with Gasteiger partial charge in [0.05, 0.1) is 23.5 Å². The molecule has 7 nitrogen and oxygen atoms in total. The Hall–Kier alpha value is -2.32. The Morgan fingerprint density at radius 1 is 1.21 bits per heavy atom. The number of furan rings is 1. The van der Waals surface area contributed by atoms with Crippen molar-refractivity contribution in [1.82, 2.24) is 4.31 Å². The summed E-state index contributed by atoms with van der Waals surface area (Å²) in [5.74, 6) is 0.943. The fourth-order valence-electron chi connectivity index (χ4n) is 3.21. The van der Waals surface area contributed by atoms with Gasteiger partial charge in [0, 0.05) is 25.9 Å². The molecule has 1 amide bonds. The largest absolute Gasteiger partial charge is 0.492 e. The van der Waals surface area contributed by atoms with Gasteiger partial charge in [-0.2, -0.15) is 4.31 Å². The van der Waals surface area contributed by atoms with E-state index in [2.05, 4.69) is 5.32 Å². The van der Waals surface area contributed by atoms with Crippen LogP contribution in [0.2, 0.25) is 0 Å². The minimum absolute atomic E-state index is 0.166. The number of hydrogen-bond acceptors (Lipinski definition) is 5. The summed E-state index contributed by atoms with van der Waals surface area (Å²) in [5, 5.41) is 2.78. The lowest BCUT2D eigenvalue weighted by molar-refractivity contribution is -0.116. The van der Waals surface area contributed by atoms with E-state index in [1.807, 2.05) is 13.0 Å². The number of amides is 1. The van der Waals surface area contributed by atoms with Crippen molar-refractivity contribution in [3.8, 4) is 5.75 Å². The summed E-state index contributed by atoms with van der Waals surface area (Å²) in [6.45, 7) is 3.30. The van der Waals surface area contributed by atoms with E-state index in [0.717, 1.165) is 25.0 Å². The molecule has 0 spiro atoms. The summed E-state index contributed by atoms with van der Waals surface area (Å²) >= 11 is 0. The zero-order chi connectivity index (χ0) is 20.0. The first-order valence-corrected chi connectivity index (χ1v) is 11.0. The van der Waals surface area contributed by atoms with Crippen LogP contribution in [0, 0.1) is 0 Å². The number of carbonyl (C=O) groups is 1. The number of aryl methyl sites for hydroxylation is 1. The van der Waals surface area contributed by atoms with Gasteiger partial charge in [-0.1, -0.05) is 6.42 Å². The van der Waals surface area contributed by atoms with Gasteiger partial charge in [-0.25, -0.2) is 8.42 Å². The van der Waals surface area contributed by atoms with Crippen LogP contribution in [0.15, 0.2) is 45.9 Å². The molecule has 1 fully saturated rings. The summed E-state index contributed by atoms with van der Waals surface area (Å²) in [6, 6.07) is 8.20. The maximum atomic E-state index is 12.9. The summed E-state index contributed by atoms with van der Waals surface area (Å²) in [5.41, 5.74) is 0.365. The van der Waals surface area contributed by atoms with Gasteiger partial charge in [0.1, 0.15) is 11.5 Å². The van der Waals surface area contributed by atoms with Gasteiger partial charge < -0.3 is 14.5 Å². The van der Waals surface area contributed by atoms with E-state index >= 15 is 0 Å². The molecule has 28 heavy (non-hydrogen) atoms. The number of piperidine rings is 1. The topological polar surface area (TPSA) is 88.9 Å². The van der Waals surface area contributed by atoms with Crippen molar-refractivity contribution in [2.24, 2.45) is 0 Å². The number of hydrogen-bond donors (Lipinski definition) is 1. The molecular weight excluding hydrogens is 380 g/mol. The summed E-state index contributed by atoms with van der Waals surface area (Å²) in [6.07, 6.45) is 5.04. The van der Waals surface area contributed by atoms with Crippen LogP contribution in [0.3, 0.4) is 0 Å². The van der Waals surface area contributed by atoms with Gasteiger partial charge in [-0.05, 0) is 50.1 Å². The Morgan fingerprint density at radius 3 is 2.68 bits per heavy atom. The van der Waals surface area contributed by atoms with Crippen molar-refractivity contribution in [2.45, 2.75) is 43.9 Å². The van der Waals surface area contributed by atoms with Crippen molar-refractivity contribution in [1.29, 1.82) is 0 Å². The van der Waals surface area contributed by atoms with Crippen LogP contribution in [-0.2, 0) is 21.2 Å². The van der Waals surface area contributed by atoms with Crippen LogP contribution < -0.4 is 10.1 Å². The third-order valence-corrected chi connectivity index (χ3v) is 6.55. The lowest BCUT2D eigenvalue weighted by Crippen LogP contribution is -2.35. The summed E-state index contributed by atoms with van der Waals surface area (Å²) in [7, 11) is -3.59. The number of nitrogens with one attached hydrogen (secondary N) is 1. The Bertz CT molecular complexity index is 887. The molecule has 0 radical (unpaired) electrons. The molecule has 0 bridgehead atoms. The van der Waals surface area contributed by atoms with Crippen molar-refractivity contribution in [2.75, 3.05) is 25.0 Å². The molecule has 3 rings (SSSR count). The molecule has 0 aliphatic carbocycles. The minimum atomic E-state index is -3.59. The van der Waals surface area contributed by atoms with Crippen molar-refractivity contribution >= 4 is 21.6 Å². The van der Waals surface area contributed by atoms with Crippen LogP contribution in [0.25, 0.3) is 0 Å². The quantitative estimate of drug-likeness (QED) is 0.726. The second kappa shape index (κ2) is 9.25. The number of ether oxygens (including phenoxy) is 1. The first-order valence-electron chi connectivity index (χ1n) is 9.60. The highest BCUT2D eigenvalue weighted by Crippen LogP contribution is 2.30. The van der Waals surface area contributed by atoms with Crippen LogP contribution >= 0.6 is 0 Å².